The third-order valence-electron chi connectivity index (χ3n) is 3.77. The van der Waals surface area contributed by atoms with Crippen LogP contribution in [0.15, 0.2) is 0 Å². The van der Waals surface area contributed by atoms with Crippen molar-refractivity contribution >= 4 is 5.91 Å². The number of carbonyl (C=O) groups excluding carboxylic acids is 1. The summed E-state index contributed by atoms with van der Waals surface area (Å²) < 4.78 is 0. The molecular formula is C17H35NO. The summed E-state index contributed by atoms with van der Waals surface area (Å²) in [6.45, 7) is 7.38. The van der Waals surface area contributed by atoms with Crippen LogP contribution in [0.25, 0.3) is 0 Å². The van der Waals surface area contributed by atoms with E-state index in [0.29, 0.717) is 0 Å². The fraction of sp³-hybridized carbons (Fsp3) is 0.941. The van der Waals surface area contributed by atoms with Crippen molar-refractivity contribution in [2.75, 3.05) is 6.54 Å². The molecule has 0 rings (SSSR count). The summed E-state index contributed by atoms with van der Waals surface area (Å²) in [6.07, 6.45) is 13.8. The molecule has 1 unspecified atom stereocenters. The van der Waals surface area contributed by atoms with Crippen molar-refractivity contribution in [2.45, 2.75) is 91.4 Å². The number of hydrogen-bond donors (Lipinski definition) is 1. The third kappa shape index (κ3) is 12.3. The Bertz CT molecular complexity index is 203. The molecule has 1 N–H and O–H groups in total. The lowest BCUT2D eigenvalue weighted by molar-refractivity contribution is -0.124. The van der Waals surface area contributed by atoms with Crippen molar-refractivity contribution in [1.82, 2.24) is 5.32 Å². The van der Waals surface area contributed by atoms with E-state index in [9.17, 15) is 4.79 Å². The van der Waals surface area contributed by atoms with Gasteiger partial charge in [-0.2, -0.15) is 0 Å². The largest absolute Gasteiger partial charge is 0.356 e. The van der Waals surface area contributed by atoms with E-state index in [-0.39, 0.29) is 11.8 Å². The Hall–Kier alpha value is -0.530. The monoisotopic (exact) mass is 269 g/mol. The van der Waals surface area contributed by atoms with E-state index >= 15 is 0 Å². The summed E-state index contributed by atoms with van der Waals surface area (Å²) in [5, 5.41) is 3.08. The SMILES string of the molecule is CCCCCCCCNC(=O)C(C)CCCCCC. The molecule has 0 spiro atoms. The van der Waals surface area contributed by atoms with Crippen LogP contribution in [0.3, 0.4) is 0 Å². The maximum atomic E-state index is 11.8. The van der Waals surface area contributed by atoms with E-state index in [4.69, 9.17) is 0 Å². The molecule has 2 nitrogen and oxygen atoms in total. The van der Waals surface area contributed by atoms with Crippen molar-refractivity contribution in [1.29, 1.82) is 0 Å². The van der Waals surface area contributed by atoms with Crippen LogP contribution in [0, 0.1) is 5.92 Å². The highest BCUT2D eigenvalue weighted by Crippen LogP contribution is 2.10. The molecule has 19 heavy (non-hydrogen) atoms. The number of rotatable bonds is 13. The maximum Gasteiger partial charge on any atom is 0.222 e. The van der Waals surface area contributed by atoms with Crippen molar-refractivity contribution in [3.63, 3.8) is 0 Å². The van der Waals surface area contributed by atoms with Gasteiger partial charge in [0, 0.05) is 12.5 Å². The summed E-state index contributed by atoms with van der Waals surface area (Å²) in [5.41, 5.74) is 0. The quantitative estimate of drug-likeness (QED) is 0.465. The first-order valence-corrected chi connectivity index (χ1v) is 8.50. The van der Waals surface area contributed by atoms with Gasteiger partial charge >= 0.3 is 0 Å². The molecule has 0 aliphatic heterocycles. The van der Waals surface area contributed by atoms with Crippen molar-refractivity contribution in [3.8, 4) is 0 Å². The van der Waals surface area contributed by atoms with Crippen molar-refractivity contribution in [2.24, 2.45) is 5.92 Å². The molecule has 0 bridgehead atoms. The number of nitrogens with one attached hydrogen (secondary N) is 1. The summed E-state index contributed by atoms with van der Waals surface area (Å²) in [4.78, 5) is 11.8. The van der Waals surface area contributed by atoms with Gasteiger partial charge in [-0.3, -0.25) is 4.79 Å². The molecule has 0 saturated carbocycles. The predicted molar refractivity (Wildman–Crippen MR) is 84.3 cm³/mol. The highest BCUT2D eigenvalue weighted by molar-refractivity contribution is 5.78. The van der Waals surface area contributed by atoms with Crippen molar-refractivity contribution in [3.05, 3.63) is 0 Å². The average Bonchev–Trinajstić information content (AvgIpc) is 2.42. The van der Waals surface area contributed by atoms with Crippen LogP contribution in [0.2, 0.25) is 0 Å². The summed E-state index contributed by atoms with van der Waals surface area (Å²) in [7, 11) is 0. The lowest BCUT2D eigenvalue weighted by atomic mass is 10.0. The highest BCUT2D eigenvalue weighted by atomic mass is 16.1. The van der Waals surface area contributed by atoms with Gasteiger partial charge < -0.3 is 5.32 Å². The molecular weight excluding hydrogens is 234 g/mol. The zero-order valence-electron chi connectivity index (χ0n) is 13.5. The normalized spacial score (nSPS) is 12.4. The molecule has 0 saturated heterocycles. The zero-order chi connectivity index (χ0) is 14.3. The van der Waals surface area contributed by atoms with Gasteiger partial charge in [-0.05, 0) is 12.8 Å². The molecule has 0 aliphatic rings. The van der Waals surface area contributed by atoms with Gasteiger partial charge in [0.25, 0.3) is 0 Å². The van der Waals surface area contributed by atoms with E-state index in [1.807, 2.05) is 0 Å². The Morgan fingerprint density at radius 2 is 1.37 bits per heavy atom. The molecule has 0 aromatic carbocycles. The van der Waals surface area contributed by atoms with Crippen LogP contribution >= 0.6 is 0 Å². The first-order valence-electron chi connectivity index (χ1n) is 8.50. The first kappa shape index (κ1) is 18.5. The maximum absolute atomic E-state index is 11.8. The van der Waals surface area contributed by atoms with Crippen LogP contribution < -0.4 is 5.32 Å². The Labute approximate surface area is 120 Å². The Morgan fingerprint density at radius 1 is 0.842 bits per heavy atom. The zero-order valence-corrected chi connectivity index (χ0v) is 13.5. The van der Waals surface area contributed by atoms with Gasteiger partial charge in [-0.25, -0.2) is 0 Å². The smallest absolute Gasteiger partial charge is 0.222 e. The van der Waals surface area contributed by atoms with E-state index in [1.165, 1.54) is 57.8 Å². The van der Waals surface area contributed by atoms with E-state index in [1.54, 1.807) is 0 Å². The highest BCUT2D eigenvalue weighted by Gasteiger charge is 2.11. The minimum atomic E-state index is 0.192. The third-order valence-corrected chi connectivity index (χ3v) is 3.77. The van der Waals surface area contributed by atoms with Crippen LogP contribution in [0.5, 0.6) is 0 Å². The summed E-state index contributed by atoms with van der Waals surface area (Å²) in [6, 6.07) is 0. The lowest BCUT2D eigenvalue weighted by Gasteiger charge is -2.12. The molecule has 0 fully saturated rings. The second kappa shape index (κ2) is 13.9. The Kier molecular flexibility index (Phi) is 13.5. The number of unbranched alkanes of at least 4 members (excludes halogenated alkanes) is 8. The first-order chi connectivity index (χ1) is 9.22. The van der Waals surface area contributed by atoms with Crippen LogP contribution in [0.4, 0.5) is 0 Å². The number of amides is 1. The molecule has 0 aliphatic carbocycles. The fourth-order valence-electron chi connectivity index (χ4n) is 2.30. The molecule has 0 heterocycles. The average molecular weight is 269 g/mol. The molecule has 2 heteroatoms. The minimum Gasteiger partial charge on any atom is -0.356 e. The van der Waals surface area contributed by atoms with Crippen LogP contribution in [0.1, 0.15) is 91.4 Å². The van der Waals surface area contributed by atoms with E-state index < -0.39 is 0 Å². The molecule has 1 atom stereocenters. The summed E-state index contributed by atoms with van der Waals surface area (Å²) >= 11 is 0. The van der Waals surface area contributed by atoms with Gasteiger partial charge in [0.2, 0.25) is 5.91 Å². The van der Waals surface area contributed by atoms with Gasteiger partial charge in [0.15, 0.2) is 0 Å². The minimum absolute atomic E-state index is 0.192. The standard InChI is InChI=1S/C17H35NO/c1-4-6-8-10-11-13-15-18-17(19)16(3)14-12-9-7-5-2/h16H,4-15H2,1-3H3,(H,18,19). The van der Waals surface area contributed by atoms with Gasteiger partial charge in [0.05, 0.1) is 0 Å². The number of hydrogen-bond acceptors (Lipinski definition) is 1. The topological polar surface area (TPSA) is 29.1 Å². The molecule has 0 aromatic rings. The summed E-state index contributed by atoms with van der Waals surface area (Å²) in [5.74, 6) is 0.446. The predicted octanol–water partition coefficient (Wildman–Crippen LogP) is 5.07. The van der Waals surface area contributed by atoms with Gasteiger partial charge in [0.1, 0.15) is 0 Å². The second-order valence-electron chi connectivity index (χ2n) is 5.81. The Morgan fingerprint density at radius 3 is 2.00 bits per heavy atom. The lowest BCUT2D eigenvalue weighted by Crippen LogP contribution is -2.30. The van der Waals surface area contributed by atoms with E-state index in [0.717, 1.165) is 19.4 Å². The van der Waals surface area contributed by atoms with Crippen LogP contribution in [-0.4, -0.2) is 12.5 Å². The fourth-order valence-corrected chi connectivity index (χ4v) is 2.30. The Balaban J connectivity index is 3.36. The number of carbonyl (C=O) groups is 1. The van der Waals surface area contributed by atoms with E-state index in [2.05, 4.69) is 26.1 Å². The van der Waals surface area contributed by atoms with Gasteiger partial charge in [-0.1, -0.05) is 78.6 Å². The van der Waals surface area contributed by atoms with Gasteiger partial charge in [-0.15, -0.1) is 0 Å². The van der Waals surface area contributed by atoms with Crippen molar-refractivity contribution < 1.29 is 4.79 Å². The molecule has 0 radical (unpaired) electrons. The molecule has 0 aromatic heterocycles. The molecule has 114 valence electrons. The second-order valence-corrected chi connectivity index (χ2v) is 5.81. The van der Waals surface area contributed by atoms with Crippen LogP contribution in [-0.2, 0) is 4.79 Å². The molecule has 1 amide bonds.